The molecule has 0 aliphatic heterocycles. The van der Waals surface area contributed by atoms with Crippen LogP contribution in [0.15, 0.2) is 149 Å². The van der Waals surface area contributed by atoms with Crippen molar-refractivity contribution in [3.05, 3.63) is 167 Å². The van der Waals surface area contributed by atoms with Crippen molar-refractivity contribution in [2.24, 2.45) is 0 Å². The maximum absolute atomic E-state index is 13.7. The number of ether oxygens (including phenoxy) is 1. The highest BCUT2D eigenvalue weighted by Gasteiger charge is 2.24. The number of thioether (sulfide) groups is 1. The van der Waals surface area contributed by atoms with Crippen molar-refractivity contribution in [3.8, 4) is 17.0 Å². The number of carbonyl (C=O) groups is 3. The second kappa shape index (κ2) is 16.6. The van der Waals surface area contributed by atoms with Gasteiger partial charge in [-0.1, -0.05) is 60.7 Å². The molecule has 0 aliphatic carbocycles. The SMILES string of the molecule is COc1cccc(/C=C(\NC(=O)c2ccccc2)C(=O)Nc2ccc(SC(C(=O)Nc3nc(-c4ccc(F)cc4)cs3)c3ccccc3)cc2)c1. The summed E-state index contributed by atoms with van der Waals surface area (Å²) in [4.78, 5) is 45.6. The van der Waals surface area contributed by atoms with Crippen molar-refractivity contribution in [1.82, 2.24) is 10.3 Å². The summed E-state index contributed by atoms with van der Waals surface area (Å²) < 4.78 is 18.7. The monoisotopic (exact) mass is 714 g/mol. The smallest absolute Gasteiger partial charge is 0.272 e. The molecular weight excluding hydrogens is 684 g/mol. The van der Waals surface area contributed by atoms with Crippen LogP contribution in [-0.2, 0) is 9.59 Å². The van der Waals surface area contributed by atoms with Gasteiger partial charge in [-0.25, -0.2) is 9.37 Å². The van der Waals surface area contributed by atoms with Crippen LogP contribution < -0.4 is 20.7 Å². The summed E-state index contributed by atoms with van der Waals surface area (Å²) in [6.45, 7) is 0. The molecule has 0 spiro atoms. The van der Waals surface area contributed by atoms with Gasteiger partial charge in [-0.15, -0.1) is 23.1 Å². The van der Waals surface area contributed by atoms with E-state index in [0.717, 1.165) is 16.0 Å². The van der Waals surface area contributed by atoms with Crippen molar-refractivity contribution in [2.45, 2.75) is 10.1 Å². The Kier molecular flexibility index (Phi) is 11.3. The minimum Gasteiger partial charge on any atom is -0.497 e. The molecule has 0 bridgehead atoms. The molecule has 11 heteroatoms. The zero-order valence-corrected chi connectivity index (χ0v) is 28.8. The van der Waals surface area contributed by atoms with Crippen LogP contribution in [0.3, 0.4) is 0 Å². The molecule has 1 aromatic heterocycles. The average molecular weight is 715 g/mol. The number of halogens is 1. The summed E-state index contributed by atoms with van der Waals surface area (Å²) in [5, 5.41) is 10.2. The second-order valence-corrected chi connectivity index (χ2v) is 13.1. The Hall–Kier alpha value is -6.04. The van der Waals surface area contributed by atoms with Crippen LogP contribution in [0.4, 0.5) is 15.2 Å². The van der Waals surface area contributed by atoms with Crippen molar-refractivity contribution in [2.75, 3.05) is 17.7 Å². The lowest BCUT2D eigenvalue weighted by Crippen LogP contribution is -2.30. The van der Waals surface area contributed by atoms with E-state index < -0.39 is 17.1 Å². The van der Waals surface area contributed by atoms with Gasteiger partial charge in [0.1, 0.15) is 22.5 Å². The molecule has 0 aliphatic rings. The molecule has 5 aromatic carbocycles. The van der Waals surface area contributed by atoms with Crippen molar-refractivity contribution in [3.63, 3.8) is 0 Å². The van der Waals surface area contributed by atoms with Crippen molar-refractivity contribution < 1.29 is 23.5 Å². The molecule has 0 saturated heterocycles. The topological polar surface area (TPSA) is 109 Å². The number of anilines is 2. The van der Waals surface area contributed by atoms with Gasteiger partial charge < -0.3 is 20.7 Å². The number of benzene rings is 5. The Morgan fingerprint density at radius 3 is 2.24 bits per heavy atom. The number of hydrogen-bond acceptors (Lipinski definition) is 7. The van der Waals surface area contributed by atoms with E-state index in [1.54, 1.807) is 92.0 Å². The fourth-order valence-corrected chi connectivity index (χ4v) is 6.69. The summed E-state index contributed by atoms with van der Waals surface area (Å²) in [6.07, 6.45) is 1.58. The lowest BCUT2D eigenvalue weighted by Gasteiger charge is -2.17. The third kappa shape index (κ3) is 9.35. The Morgan fingerprint density at radius 1 is 0.824 bits per heavy atom. The second-order valence-electron chi connectivity index (χ2n) is 11.1. The van der Waals surface area contributed by atoms with E-state index >= 15 is 0 Å². The summed E-state index contributed by atoms with van der Waals surface area (Å²) >= 11 is 2.64. The molecule has 1 atom stereocenters. The summed E-state index contributed by atoms with van der Waals surface area (Å²) in [5.41, 5.74) is 3.79. The average Bonchev–Trinajstić information content (AvgIpc) is 3.63. The molecule has 1 heterocycles. The van der Waals surface area contributed by atoms with E-state index in [4.69, 9.17) is 4.74 Å². The summed E-state index contributed by atoms with van der Waals surface area (Å²) in [6, 6.07) is 38.3. The van der Waals surface area contributed by atoms with Gasteiger partial charge in [-0.3, -0.25) is 14.4 Å². The van der Waals surface area contributed by atoms with E-state index in [-0.39, 0.29) is 17.4 Å². The molecule has 6 rings (SSSR count). The number of aromatic nitrogens is 1. The third-order valence-corrected chi connectivity index (χ3v) is 9.54. The highest BCUT2D eigenvalue weighted by Crippen LogP contribution is 2.37. The highest BCUT2D eigenvalue weighted by molar-refractivity contribution is 8.00. The number of rotatable bonds is 12. The van der Waals surface area contributed by atoms with E-state index in [0.29, 0.717) is 33.4 Å². The Labute approximate surface area is 302 Å². The number of carbonyl (C=O) groups excluding carboxylic acids is 3. The fraction of sp³-hybridized carbons (Fsp3) is 0.0500. The van der Waals surface area contributed by atoms with Gasteiger partial charge in [0.2, 0.25) is 5.91 Å². The van der Waals surface area contributed by atoms with Crippen LogP contribution in [0.1, 0.15) is 26.7 Å². The number of thiazole rings is 1. The molecule has 51 heavy (non-hydrogen) atoms. The van der Waals surface area contributed by atoms with Crippen LogP contribution in [0.5, 0.6) is 5.75 Å². The molecule has 3 amide bonds. The Bertz CT molecular complexity index is 2160. The molecule has 0 fully saturated rings. The number of hydrogen-bond donors (Lipinski definition) is 3. The first kappa shape index (κ1) is 34.8. The lowest BCUT2D eigenvalue weighted by molar-refractivity contribution is -0.116. The summed E-state index contributed by atoms with van der Waals surface area (Å²) in [7, 11) is 1.55. The molecule has 8 nitrogen and oxygen atoms in total. The number of methoxy groups -OCH3 is 1. The van der Waals surface area contributed by atoms with Crippen LogP contribution in [0.2, 0.25) is 0 Å². The maximum Gasteiger partial charge on any atom is 0.272 e. The van der Waals surface area contributed by atoms with Crippen LogP contribution in [0, 0.1) is 5.82 Å². The van der Waals surface area contributed by atoms with E-state index in [2.05, 4.69) is 20.9 Å². The van der Waals surface area contributed by atoms with E-state index in [9.17, 15) is 18.8 Å². The first-order valence-electron chi connectivity index (χ1n) is 15.7. The third-order valence-electron chi connectivity index (χ3n) is 7.51. The largest absolute Gasteiger partial charge is 0.497 e. The highest BCUT2D eigenvalue weighted by atomic mass is 32.2. The number of amides is 3. The fourth-order valence-electron chi connectivity index (χ4n) is 4.95. The zero-order valence-electron chi connectivity index (χ0n) is 27.2. The van der Waals surface area contributed by atoms with Gasteiger partial charge in [-0.2, -0.15) is 0 Å². The van der Waals surface area contributed by atoms with Crippen LogP contribution in [-0.4, -0.2) is 29.8 Å². The van der Waals surface area contributed by atoms with E-state index in [1.807, 2.05) is 47.8 Å². The van der Waals surface area contributed by atoms with E-state index in [1.165, 1.54) is 35.2 Å². The van der Waals surface area contributed by atoms with Gasteiger partial charge >= 0.3 is 0 Å². The van der Waals surface area contributed by atoms with Gasteiger partial charge in [-0.05, 0) is 90.0 Å². The predicted octanol–water partition coefficient (Wildman–Crippen LogP) is 8.84. The Balaban J connectivity index is 1.17. The maximum atomic E-state index is 13.7. The lowest BCUT2D eigenvalue weighted by atomic mass is 10.1. The minimum absolute atomic E-state index is 0.0427. The predicted molar refractivity (Wildman–Crippen MR) is 201 cm³/mol. The summed E-state index contributed by atoms with van der Waals surface area (Å²) in [5.74, 6) is -0.937. The molecular formula is C40H31FN4O4S2. The number of nitrogens with zero attached hydrogens (tertiary/aromatic N) is 1. The first-order valence-corrected chi connectivity index (χ1v) is 17.5. The van der Waals surface area contributed by atoms with Gasteiger partial charge in [0.05, 0.1) is 12.8 Å². The van der Waals surface area contributed by atoms with Gasteiger partial charge in [0.25, 0.3) is 11.8 Å². The molecule has 254 valence electrons. The molecule has 6 aromatic rings. The number of nitrogens with one attached hydrogen (secondary N) is 3. The van der Waals surface area contributed by atoms with Gasteiger partial charge in [0.15, 0.2) is 5.13 Å². The van der Waals surface area contributed by atoms with Crippen LogP contribution >= 0.6 is 23.1 Å². The molecule has 0 radical (unpaired) electrons. The molecule has 0 saturated carbocycles. The quantitative estimate of drug-likeness (QED) is 0.0864. The standard InChI is InChI=1S/C40H31FN4O4S2/c1-49-32-14-8-9-26(23-32)24-34(43-37(46)29-12-6-3-7-13-29)38(47)42-31-19-21-33(22-20-31)51-36(28-10-4-2-5-11-28)39(48)45-40-44-35(25-50-40)27-15-17-30(41)18-16-27/h2-25,36H,1H3,(H,42,47)(H,43,46)(H,44,45,48)/b34-24-. The first-order chi connectivity index (χ1) is 24.8. The van der Waals surface area contributed by atoms with Crippen LogP contribution in [0.25, 0.3) is 17.3 Å². The minimum atomic E-state index is -0.615. The van der Waals surface area contributed by atoms with Gasteiger partial charge in [0, 0.05) is 27.1 Å². The molecule has 3 N–H and O–H groups in total. The zero-order chi connectivity index (χ0) is 35.6. The molecule has 1 unspecified atom stereocenters. The van der Waals surface area contributed by atoms with Crippen molar-refractivity contribution in [1.29, 1.82) is 0 Å². The normalized spacial score (nSPS) is 11.7. The Morgan fingerprint density at radius 2 is 1.53 bits per heavy atom. The van der Waals surface area contributed by atoms with Crippen molar-refractivity contribution >= 4 is 57.7 Å².